The first-order valence-electron chi connectivity index (χ1n) is 16.0. The fourth-order valence-electron chi connectivity index (χ4n) is 7.03. The molecule has 0 unspecified atom stereocenters. The first kappa shape index (κ1) is 27.1. The van der Waals surface area contributed by atoms with Crippen molar-refractivity contribution < 1.29 is 0 Å². The summed E-state index contributed by atoms with van der Waals surface area (Å²) < 4.78 is 2.37. The Morgan fingerprint density at radius 1 is 0.383 bits per heavy atom. The molecule has 0 bridgehead atoms. The Labute approximate surface area is 273 Å². The maximum Gasteiger partial charge on any atom is 0.0780 e. The molecule has 0 amide bonds. The van der Waals surface area contributed by atoms with Gasteiger partial charge in [0.15, 0.2) is 0 Å². The Morgan fingerprint density at radius 3 is 1.57 bits per heavy atom. The van der Waals surface area contributed by atoms with Crippen LogP contribution in [0.2, 0.25) is 0 Å². The highest BCUT2D eigenvalue weighted by Crippen LogP contribution is 2.39. The fourth-order valence-corrected chi connectivity index (χ4v) is 7.03. The molecule has 0 N–H and O–H groups in total. The van der Waals surface area contributed by atoms with Crippen molar-refractivity contribution in [2.45, 2.75) is 0 Å². The maximum atomic E-state index is 4.68. The lowest BCUT2D eigenvalue weighted by Crippen LogP contribution is -1.99. The topological polar surface area (TPSA) is 17.8 Å². The highest BCUT2D eigenvalue weighted by atomic mass is 15.0. The summed E-state index contributed by atoms with van der Waals surface area (Å²) in [5.74, 6) is 0. The summed E-state index contributed by atoms with van der Waals surface area (Å²) in [5, 5.41) is 6.22. The minimum atomic E-state index is 1.03. The van der Waals surface area contributed by atoms with Gasteiger partial charge in [-0.2, -0.15) is 0 Å². The van der Waals surface area contributed by atoms with Gasteiger partial charge < -0.3 is 4.57 Å². The van der Waals surface area contributed by atoms with Gasteiger partial charge in [0.2, 0.25) is 0 Å². The van der Waals surface area contributed by atoms with Crippen LogP contribution in [-0.2, 0) is 0 Å². The third kappa shape index (κ3) is 4.70. The molecule has 0 aliphatic rings. The summed E-state index contributed by atoms with van der Waals surface area (Å²) in [6.45, 7) is 0. The van der Waals surface area contributed by atoms with Crippen molar-refractivity contribution in [1.82, 2.24) is 9.55 Å². The molecule has 0 spiro atoms. The molecule has 7 aromatic carbocycles. The summed E-state index contributed by atoms with van der Waals surface area (Å²) in [6.07, 6.45) is 1.87. The van der Waals surface area contributed by atoms with Gasteiger partial charge in [0.25, 0.3) is 0 Å². The number of fused-ring (bicyclic) bond motifs is 3. The lowest BCUT2D eigenvalue weighted by atomic mass is 9.91. The molecule has 9 rings (SSSR count). The minimum Gasteiger partial charge on any atom is -0.309 e. The van der Waals surface area contributed by atoms with Crippen molar-refractivity contribution >= 4 is 32.4 Å². The number of hydrogen-bond donors (Lipinski definition) is 0. The highest BCUT2D eigenvalue weighted by molar-refractivity contribution is 6.12. The van der Waals surface area contributed by atoms with Crippen molar-refractivity contribution in [2.24, 2.45) is 0 Å². The summed E-state index contributed by atoms with van der Waals surface area (Å²) >= 11 is 0. The normalized spacial score (nSPS) is 11.4. The lowest BCUT2D eigenvalue weighted by molar-refractivity contribution is 1.09. The van der Waals surface area contributed by atoms with Crippen LogP contribution in [0, 0.1) is 0 Å². The fraction of sp³-hybridized carbons (Fsp3) is 0. The molecule has 2 heteroatoms. The zero-order valence-electron chi connectivity index (χ0n) is 25.7. The Bertz CT molecular complexity index is 2480. The van der Waals surface area contributed by atoms with Gasteiger partial charge in [0, 0.05) is 22.8 Å². The van der Waals surface area contributed by atoms with E-state index in [1.165, 1.54) is 38.2 Å². The molecule has 0 fully saturated rings. The third-order valence-electron chi connectivity index (χ3n) is 9.26. The number of aromatic nitrogens is 2. The van der Waals surface area contributed by atoms with Crippen LogP contribution >= 0.6 is 0 Å². The van der Waals surface area contributed by atoms with E-state index in [1.54, 1.807) is 0 Å². The van der Waals surface area contributed by atoms with E-state index < -0.39 is 0 Å². The number of nitrogens with zero attached hydrogens (tertiary/aromatic N) is 2. The number of pyridine rings is 1. The number of rotatable bonds is 5. The van der Waals surface area contributed by atoms with Crippen LogP contribution in [0.25, 0.3) is 82.9 Å². The van der Waals surface area contributed by atoms with Gasteiger partial charge >= 0.3 is 0 Å². The van der Waals surface area contributed by atoms with Crippen LogP contribution in [0.5, 0.6) is 0 Å². The van der Waals surface area contributed by atoms with Gasteiger partial charge in [-0.1, -0.05) is 140 Å². The molecule has 0 atom stereocenters. The monoisotopic (exact) mass is 598 g/mol. The Balaban J connectivity index is 1.14. The average Bonchev–Trinajstić information content (AvgIpc) is 3.59. The molecular formula is C45H30N2. The predicted molar refractivity (Wildman–Crippen MR) is 198 cm³/mol. The van der Waals surface area contributed by atoms with Crippen LogP contribution in [-0.4, -0.2) is 9.55 Å². The Kier molecular flexibility index (Phi) is 6.50. The van der Waals surface area contributed by atoms with E-state index in [0.29, 0.717) is 0 Å². The molecule has 0 saturated carbocycles. The summed E-state index contributed by atoms with van der Waals surface area (Å²) in [7, 11) is 0. The molecule has 2 nitrogen and oxygen atoms in total. The molecule has 0 saturated heterocycles. The summed E-state index contributed by atoms with van der Waals surface area (Å²) in [4.78, 5) is 4.68. The molecule has 0 aliphatic heterocycles. The third-order valence-corrected chi connectivity index (χ3v) is 9.26. The van der Waals surface area contributed by atoms with Gasteiger partial charge in [0.1, 0.15) is 0 Å². The molecule has 47 heavy (non-hydrogen) atoms. The van der Waals surface area contributed by atoms with Crippen molar-refractivity contribution in [3.8, 4) is 50.5 Å². The van der Waals surface area contributed by atoms with E-state index in [4.69, 9.17) is 0 Å². The summed E-state index contributed by atoms with van der Waals surface area (Å²) in [5.41, 5.74) is 11.6. The van der Waals surface area contributed by atoms with Gasteiger partial charge in [0.05, 0.1) is 16.9 Å². The van der Waals surface area contributed by atoms with E-state index in [9.17, 15) is 0 Å². The van der Waals surface area contributed by atoms with Gasteiger partial charge in [-0.05, 0) is 85.8 Å². The summed E-state index contributed by atoms with van der Waals surface area (Å²) in [6, 6.07) is 63.3. The number of hydrogen-bond acceptors (Lipinski definition) is 1. The van der Waals surface area contributed by atoms with Crippen LogP contribution in [0.1, 0.15) is 0 Å². The number of para-hydroxylation sites is 2. The van der Waals surface area contributed by atoms with Crippen molar-refractivity contribution in [3.05, 3.63) is 182 Å². The molecule has 0 radical (unpaired) electrons. The largest absolute Gasteiger partial charge is 0.309 e. The van der Waals surface area contributed by atoms with Crippen LogP contribution in [0.3, 0.4) is 0 Å². The first-order valence-corrected chi connectivity index (χ1v) is 16.0. The van der Waals surface area contributed by atoms with E-state index in [0.717, 1.165) is 44.7 Å². The smallest absolute Gasteiger partial charge is 0.0780 e. The standard InChI is InChI=1S/C45H30N2/c1-2-14-38(15-3-1)47-42(32-21-19-31(20-22-32)41-18-8-12-35-13-9-29-46-45(35)41)27-28-43(47)33-23-25-34(26-24-33)44-39-16-6-4-10-36(39)30-37-11-5-7-17-40(37)44/h1-30H. The highest BCUT2D eigenvalue weighted by Gasteiger charge is 2.16. The predicted octanol–water partition coefficient (Wildman–Crippen LogP) is 12.0. The Hall–Kier alpha value is -6.25. The zero-order chi connectivity index (χ0) is 31.2. The Morgan fingerprint density at radius 2 is 0.915 bits per heavy atom. The van der Waals surface area contributed by atoms with E-state index in [2.05, 4.69) is 179 Å². The second kappa shape index (κ2) is 11.3. The molecule has 2 heterocycles. The van der Waals surface area contributed by atoms with Gasteiger partial charge in [-0.3, -0.25) is 4.98 Å². The molecular weight excluding hydrogens is 569 g/mol. The molecule has 9 aromatic rings. The van der Waals surface area contributed by atoms with Gasteiger partial charge in [-0.25, -0.2) is 0 Å². The minimum absolute atomic E-state index is 1.03. The van der Waals surface area contributed by atoms with E-state index >= 15 is 0 Å². The zero-order valence-corrected chi connectivity index (χ0v) is 25.7. The van der Waals surface area contributed by atoms with Crippen LogP contribution in [0.15, 0.2) is 182 Å². The second-order valence-electron chi connectivity index (χ2n) is 12.0. The molecule has 220 valence electrons. The average molecular weight is 599 g/mol. The number of benzene rings is 7. The first-order chi connectivity index (χ1) is 23.3. The molecule has 0 aliphatic carbocycles. The van der Waals surface area contributed by atoms with Crippen LogP contribution in [0.4, 0.5) is 0 Å². The van der Waals surface area contributed by atoms with E-state index in [-0.39, 0.29) is 0 Å². The van der Waals surface area contributed by atoms with Gasteiger partial charge in [-0.15, -0.1) is 0 Å². The quantitative estimate of drug-likeness (QED) is 0.180. The maximum absolute atomic E-state index is 4.68. The van der Waals surface area contributed by atoms with Crippen LogP contribution < -0.4 is 0 Å². The molecule has 2 aromatic heterocycles. The van der Waals surface area contributed by atoms with Crippen molar-refractivity contribution in [3.63, 3.8) is 0 Å². The van der Waals surface area contributed by atoms with E-state index in [1.807, 2.05) is 12.3 Å². The van der Waals surface area contributed by atoms with Crippen molar-refractivity contribution in [1.29, 1.82) is 0 Å². The van der Waals surface area contributed by atoms with Crippen molar-refractivity contribution in [2.75, 3.05) is 0 Å². The second-order valence-corrected chi connectivity index (χ2v) is 12.0. The lowest BCUT2D eigenvalue weighted by Gasteiger charge is -2.16. The SMILES string of the molecule is c1ccc(-n2c(-c3ccc(-c4c5ccccc5cc5ccccc45)cc3)ccc2-c2ccc(-c3cccc4cccnc34)cc2)cc1.